The average Bonchev–Trinajstić information content (AvgIpc) is 2.97. The van der Waals surface area contributed by atoms with Crippen LogP contribution < -0.4 is 19.1 Å². The van der Waals surface area contributed by atoms with E-state index in [0.29, 0.717) is 23.7 Å². The lowest BCUT2D eigenvalue weighted by atomic mass is 9.89. The zero-order valence-corrected chi connectivity index (χ0v) is 23.6. The summed E-state index contributed by atoms with van der Waals surface area (Å²) in [6, 6.07) is 13.6. The Hall–Kier alpha value is -2.19. The number of hydrogen-bond acceptors (Lipinski definition) is 7. The van der Waals surface area contributed by atoms with Crippen molar-refractivity contribution in [3.63, 3.8) is 0 Å². The maximum absolute atomic E-state index is 6.26. The predicted octanol–water partition coefficient (Wildman–Crippen LogP) is 5.26. The molecule has 3 fully saturated rings. The largest absolute Gasteiger partial charge is 0.495 e. The summed E-state index contributed by atoms with van der Waals surface area (Å²) in [7, 11) is 3.42. The fourth-order valence-electron chi connectivity index (χ4n) is 6.14. The molecule has 2 aromatic carbocycles. The number of benzene rings is 2. The second-order valence-corrected chi connectivity index (χ2v) is 10.9. The molecule has 8 heteroatoms. The monoisotopic (exact) mass is 543 g/mol. The minimum atomic E-state index is 0.409. The number of halogens is 1. The quantitative estimate of drug-likeness (QED) is 0.379. The lowest BCUT2D eigenvalue weighted by Crippen LogP contribution is -2.55. The van der Waals surface area contributed by atoms with Crippen LogP contribution >= 0.6 is 11.6 Å². The Labute approximate surface area is 232 Å². The first-order chi connectivity index (χ1) is 18.7. The third kappa shape index (κ3) is 6.50. The van der Waals surface area contributed by atoms with E-state index in [1.54, 1.807) is 14.2 Å². The first-order valence-corrected chi connectivity index (χ1v) is 14.5. The first-order valence-electron chi connectivity index (χ1n) is 14.1. The number of rotatable bonds is 10. The molecule has 0 aliphatic carbocycles. The molecule has 0 saturated carbocycles. The van der Waals surface area contributed by atoms with Gasteiger partial charge in [-0.05, 0) is 68.5 Å². The lowest BCUT2D eigenvalue weighted by Gasteiger charge is -2.49. The van der Waals surface area contributed by atoms with Gasteiger partial charge in [0.05, 0.1) is 39.1 Å². The van der Waals surface area contributed by atoms with Crippen molar-refractivity contribution < 1.29 is 18.9 Å². The van der Waals surface area contributed by atoms with Crippen LogP contribution in [0.3, 0.4) is 0 Å². The van der Waals surface area contributed by atoms with E-state index in [-0.39, 0.29) is 0 Å². The Morgan fingerprint density at radius 3 is 2.55 bits per heavy atom. The zero-order chi connectivity index (χ0) is 26.3. The van der Waals surface area contributed by atoms with E-state index >= 15 is 0 Å². The van der Waals surface area contributed by atoms with Gasteiger partial charge in [0.1, 0.15) is 5.75 Å². The molecule has 0 aromatic heterocycles. The summed E-state index contributed by atoms with van der Waals surface area (Å²) < 4.78 is 22.8. The molecule has 3 aliphatic rings. The highest BCUT2D eigenvalue weighted by molar-refractivity contribution is 6.32. The van der Waals surface area contributed by atoms with Crippen LogP contribution in [0.25, 0.3) is 0 Å². The standard InChI is InChI=1S/C30H42ClN3O4/c1-35-29-21-24(9-10-26(29)31)33-13-14-34-25(22-33)6-5-7-27(34)23-8-11-28(30(20-23)36-2)38-17-4-3-12-32-15-18-37-19-16-32/h8-11,20-21,25,27H,3-7,12-19,22H2,1-2H3. The number of methoxy groups -OCH3 is 2. The van der Waals surface area contributed by atoms with Gasteiger partial charge in [0.15, 0.2) is 11.5 Å². The van der Waals surface area contributed by atoms with Gasteiger partial charge in [-0.2, -0.15) is 0 Å². The van der Waals surface area contributed by atoms with E-state index in [4.69, 9.17) is 30.5 Å². The number of fused-ring (bicyclic) bond motifs is 1. The Morgan fingerprint density at radius 1 is 0.895 bits per heavy atom. The highest BCUT2D eigenvalue weighted by Crippen LogP contribution is 2.40. The highest BCUT2D eigenvalue weighted by Gasteiger charge is 2.36. The summed E-state index contributed by atoms with van der Waals surface area (Å²) in [5, 5.41) is 0.655. The van der Waals surface area contributed by atoms with Crippen molar-refractivity contribution in [2.45, 2.75) is 44.2 Å². The molecule has 38 heavy (non-hydrogen) atoms. The smallest absolute Gasteiger partial charge is 0.161 e. The lowest BCUT2D eigenvalue weighted by molar-refractivity contribution is 0.0368. The predicted molar refractivity (Wildman–Crippen MR) is 152 cm³/mol. The topological polar surface area (TPSA) is 46.6 Å². The molecule has 7 nitrogen and oxygen atoms in total. The summed E-state index contributed by atoms with van der Waals surface area (Å²) in [5.74, 6) is 2.42. The van der Waals surface area contributed by atoms with Crippen LogP contribution in [-0.4, -0.2) is 89.2 Å². The molecule has 208 valence electrons. The molecule has 3 aliphatic heterocycles. The minimum Gasteiger partial charge on any atom is -0.495 e. The summed E-state index contributed by atoms with van der Waals surface area (Å²) in [5.41, 5.74) is 2.51. The average molecular weight is 544 g/mol. The van der Waals surface area contributed by atoms with Crippen LogP contribution in [0.5, 0.6) is 17.2 Å². The van der Waals surface area contributed by atoms with E-state index in [2.05, 4.69) is 45.0 Å². The zero-order valence-electron chi connectivity index (χ0n) is 22.9. The molecular weight excluding hydrogens is 502 g/mol. The van der Waals surface area contributed by atoms with Gasteiger partial charge < -0.3 is 23.8 Å². The fraction of sp³-hybridized carbons (Fsp3) is 0.600. The first kappa shape index (κ1) is 27.4. The van der Waals surface area contributed by atoms with Crippen LogP contribution in [-0.2, 0) is 4.74 Å². The van der Waals surface area contributed by atoms with Gasteiger partial charge in [0.2, 0.25) is 0 Å². The van der Waals surface area contributed by atoms with E-state index in [1.807, 2.05) is 6.07 Å². The van der Waals surface area contributed by atoms with Crippen molar-refractivity contribution in [1.29, 1.82) is 0 Å². The SMILES string of the molecule is COc1cc(N2CCN3C(CCCC3c3ccc(OCCCCN4CCOCC4)c(OC)c3)C2)ccc1Cl. The Balaban J connectivity index is 1.17. The number of unbranched alkanes of at least 4 members (excludes halogenated alkanes) is 1. The number of hydrogen-bond donors (Lipinski definition) is 0. The third-order valence-electron chi connectivity index (χ3n) is 8.25. The second kappa shape index (κ2) is 13.2. The summed E-state index contributed by atoms with van der Waals surface area (Å²) in [6.45, 7) is 8.67. The van der Waals surface area contributed by atoms with Gasteiger partial charge in [-0.15, -0.1) is 0 Å². The second-order valence-electron chi connectivity index (χ2n) is 10.5. The Bertz CT molecular complexity index is 1050. The molecule has 5 rings (SSSR count). The summed E-state index contributed by atoms with van der Waals surface area (Å²) >= 11 is 6.26. The van der Waals surface area contributed by atoms with Crippen molar-refractivity contribution in [1.82, 2.24) is 9.80 Å². The molecule has 0 radical (unpaired) electrons. The van der Waals surface area contributed by atoms with Gasteiger partial charge in [-0.1, -0.05) is 17.7 Å². The highest BCUT2D eigenvalue weighted by atomic mass is 35.5. The van der Waals surface area contributed by atoms with Crippen molar-refractivity contribution >= 4 is 17.3 Å². The van der Waals surface area contributed by atoms with E-state index < -0.39 is 0 Å². The fourth-order valence-corrected chi connectivity index (χ4v) is 6.34. The maximum Gasteiger partial charge on any atom is 0.161 e. The summed E-state index contributed by atoms with van der Waals surface area (Å²) in [6.07, 6.45) is 5.80. The molecule has 0 bridgehead atoms. The van der Waals surface area contributed by atoms with Crippen LogP contribution in [0.2, 0.25) is 5.02 Å². The van der Waals surface area contributed by atoms with Crippen molar-refractivity contribution in [3.05, 3.63) is 47.0 Å². The number of piperidine rings is 1. The van der Waals surface area contributed by atoms with Crippen LogP contribution in [0.15, 0.2) is 36.4 Å². The Kier molecular flexibility index (Phi) is 9.54. The van der Waals surface area contributed by atoms with Gasteiger partial charge >= 0.3 is 0 Å². The molecule has 2 aromatic rings. The van der Waals surface area contributed by atoms with Crippen LogP contribution in [0.1, 0.15) is 43.7 Å². The third-order valence-corrected chi connectivity index (χ3v) is 8.56. The number of ether oxygens (including phenoxy) is 4. The van der Waals surface area contributed by atoms with Gasteiger partial charge in [0.25, 0.3) is 0 Å². The van der Waals surface area contributed by atoms with Crippen LogP contribution in [0, 0.1) is 0 Å². The minimum absolute atomic E-state index is 0.409. The van der Waals surface area contributed by atoms with Crippen molar-refractivity contribution in [3.8, 4) is 17.2 Å². The molecule has 2 unspecified atom stereocenters. The molecule has 3 heterocycles. The van der Waals surface area contributed by atoms with Crippen molar-refractivity contribution in [2.75, 3.05) is 78.2 Å². The normalized spacial score (nSPS) is 22.7. The molecule has 3 saturated heterocycles. The number of nitrogens with zero attached hydrogens (tertiary/aromatic N) is 3. The number of morpholine rings is 1. The summed E-state index contributed by atoms with van der Waals surface area (Å²) in [4.78, 5) is 7.65. The van der Waals surface area contributed by atoms with Crippen molar-refractivity contribution in [2.24, 2.45) is 0 Å². The Morgan fingerprint density at radius 2 is 1.74 bits per heavy atom. The molecule has 2 atom stereocenters. The van der Waals surface area contributed by atoms with E-state index in [1.165, 1.54) is 30.5 Å². The van der Waals surface area contributed by atoms with Crippen LogP contribution in [0.4, 0.5) is 5.69 Å². The van der Waals surface area contributed by atoms with Gasteiger partial charge in [-0.3, -0.25) is 9.80 Å². The van der Waals surface area contributed by atoms with E-state index in [9.17, 15) is 0 Å². The molecule has 0 amide bonds. The molecule has 0 N–H and O–H groups in total. The number of piperazine rings is 1. The van der Waals surface area contributed by atoms with E-state index in [0.717, 1.165) is 82.6 Å². The maximum atomic E-state index is 6.26. The van der Waals surface area contributed by atoms with Gasteiger partial charge in [-0.25, -0.2) is 0 Å². The molecular formula is C30H42ClN3O4. The number of anilines is 1. The van der Waals surface area contributed by atoms with Gasteiger partial charge in [0, 0.05) is 56.6 Å². The molecule has 0 spiro atoms.